The van der Waals surface area contributed by atoms with Gasteiger partial charge in [-0.25, -0.2) is 5.43 Å². The first kappa shape index (κ1) is 22.4. The Morgan fingerprint density at radius 1 is 1.03 bits per heavy atom. The van der Waals surface area contributed by atoms with Crippen LogP contribution in [0.5, 0.6) is 0 Å². The highest BCUT2D eigenvalue weighted by atomic mass is 35.5. The number of alkyl halides is 3. The third-order valence-corrected chi connectivity index (χ3v) is 4.23. The van der Waals surface area contributed by atoms with Crippen molar-refractivity contribution >= 4 is 34.8 Å². The minimum atomic E-state index is -4.56. The van der Waals surface area contributed by atoms with Crippen LogP contribution in [0.2, 0.25) is 5.02 Å². The molecule has 9 heteroatoms. The number of amides is 2. The van der Waals surface area contributed by atoms with Crippen LogP contribution in [0.25, 0.3) is 0 Å². The largest absolute Gasteiger partial charge is 0.416 e. The highest BCUT2D eigenvalue weighted by Crippen LogP contribution is 2.33. The molecule has 0 heterocycles. The highest BCUT2D eigenvalue weighted by molar-refractivity contribution is 6.33. The fourth-order valence-electron chi connectivity index (χ4n) is 2.40. The number of benzene rings is 2. The van der Waals surface area contributed by atoms with E-state index in [1.54, 1.807) is 0 Å². The third kappa shape index (κ3) is 6.90. The van der Waals surface area contributed by atoms with E-state index < -0.39 is 23.6 Å². The molecule has 0 aromatic heterocycles. The van der Waals surface area contributed by atoms with Gasteiger partial charge >= 0.3 is 6.18 Å². The summed E-state index contributed by atoms with van der Waals surface area (Å²) in [5, 5.41) is 6.33. The molecule has 2 aromatic carbocycles. The average molecular weight is 426 g/mol. The van der Waals surface area contributed by atoms with E-state index in [2.05, 4.69) is 15.8 Å². The SMILES string of the molecule is CCC(=NNC(=O)CCC(=O)Nc1cc(C(F)(F)F)ccc1Cl)c1ccccc1. The maximum atomic E-state index is 12.8. The van der Waals surface area contributed by atoms with Crippen molar-refractivity contribution in [3.63, 3.8) is 0 Å². The van der Waals surface area contributed by atoms with Gasteiger partial charge in [-0.3, -0.25) is 9.59 Å². The summed E-state index contributed by atoms with van der Waals surface area (Å²) in [6.07, 6.45) is -4.38. The molecular formula is C20H19ClF3N3O2. The van der Waals surface area contributed by atoms with Crippen molar-refractivity contribution in [1.82, 2.24) is 5.43 Å². The molecule has 154 valence electrons. The number of nitrogens with one attached hydrogen (secondary N) is 2. The van der Waals surface area contributed by atoms with E-state index in [-0.39, 0.29) is 23.6 Å². The first-order valence-electron chi connectivity index (χ1n) is 8.78. The number of hydrazone groups is 1. The van der Waals surface area contributed by atoms with Gasteiger partial charge in [0.25, 0.3) is 0 Å². The van der Waals surface area contributed by atoms with E-state index in [9.17, 15) is 22.8 Å². The van der Waals surface area contributed by atoms with Gasteiger partial charge in [-0.15, -0.1) is 0 Å². The second-order valence-electron chi connectivity index (χ2n) is 6.05. The lowest BCUT2D eigenvalue weighted by Gasteiger charge is -2.11. The van der Waals surface area contributed by atoms with Crippen molar-refractivity contribution in [1.29, 1.82) is 0 Å². The Morgan fingerprint density at radius 3 is 2.31 bits per heavy atom. The van der Waals surface area contributed by atoms with Crippen LogP contribution >= 0.6 is 11.6 Å². The lowest BCUT2D eigenvalue weighted by atomic mass is 10.1. The molecule has 0 unspecified atom stereocenters. The number of carbonyl (C=O) groups excluding carboxylic acids is 2. The normalized spacial score (nSPS) is 11.8. The number of rotatable bonds is 7. The fraction of sp³-hybridized carbons (Fsp3) is 0.250. The van der Waals surface area contributed by atoms with E-state index in [0.29, 0.717) is 12.1 Å². The standard InChI is InChI=1S/C20H19ClF3N3O2/c1-2-16(13-6-4-3-5-7-13)26-27-19(29)11-10-18(28)25-17-12-14(20(22,23)24)8-9-15(17)21/h3-9,12H,2,10-11H2,1H3,(H,25,28)(H,27,29). The summed E-state index contributed by atoms with van der Waals surface area (Å²) in [4.78, 5) is 23.9. The van der Waals surface area contributed by atoms with Crippen LogP contribution in [0, 0.1) is 0 Å². The predicted octanol–water partition coefficient (Wildman–Crippen LogP) is 5.01. The Hall–Kier alpha value is -2.87. The number of anilines is 1. The monoisotopic (exact) mass is 425 g/mol. The van der Waals surface area contributed by atoms with Crippen LogP contribution in [0.4, 0.5) is 18.9 Å². The molecule has 0 atom stereocenters. The van der Waals surface area contributed by atoms with Crippen molar-refractivity contribution in [2.24, 2.45) is 5.10 Å². The van der Waals surface area contributed by atoms with Crippen LogP contribution < -0.4 is 10.7 Å². The highest BCUT2D eigenvalue weighted by Gasteiger charge is 2.31. The molecule has 0 aliphatic carbocycles. The van der Waals surface area contributed by atoms with Crippen molar-refractivity contribution in [2.75, 3.05) is 5.32 Å². The van der Waals surface area contributed by atoms with Crippen LogP contribution in [0.15, 0.2) is 53.6 Å². The molecule has 0 radical (unpaired) electrons. The zero-order chi connectivity index (χ0) is 21.4. The molecule has 2 rings (SSSR count). The van der Waals surface area contributed by atoms with Gasteiger partial charge in [0.1, 0.15) is 0 Å². The van der Waals surface area contributed by atoms with Gasteiger partial charge in [-0.2, -0.15) is 18.3 Å². The van der Waals surface area contributed by atoms with Gasteiger partial charge < -0.3 is 5.32 Å². The van der Waals surface area contributed by atoms with E-state index >= 15 is 0 Å². The number of halogens is 4. The molecule has 0 fully saturated rings. The number of nitrogens with zero attached hydrogens (tertiary/aromatic N) is 1. The first-order chi connectivity index (χ1) is 13.7. The van der Waals surface area contributed by atoms with Crippen LogP contribution in [-0.2, 0) is 15.8 Å². The second kappa shape index (κ2) is 10.1. The molecular weight excluding hydrogens is 407 g/mol. The molecule has 2 N–H and O–H groups in total. The molecule has 0 bridgehead atoms. The van der Waals surface area contributed by atoms with Crippen molar-refractivity contribution in [3.05, 3.63) is 64.7 Å². The van der Waals surface area contributed by atoms with E-state index in [1.807, 2.05) is 37.3 Å². The van der Waals surface area contributed by atoms with Crippen LogP contribution in [-0.4, -0.2) is 17.5 Å². The topological polar surface area (TPSA) is 70.6 Å². The molecule has 0 saturated carbocycles. The smallest absolute Gasteiger partial charge is 0.325 e. The maximum absolute atomic E-state index is 12.8. The third-order valence-electron chi connectivity index (χ3n) is 3.90. The first-order valence-corrected chi connectivity index (χ1v) is 9.16. The molecule has 0 saturated heterocycles. The zero-order valence-electron chi connectivity index (χ0n) is 15.5. The van der Waals surface area contributed by atoms with Crippen molar-refractivity contribution in [3.8, 4) is 0 Å². The van der Waals surface area contributed by atoms with Gasteiger partial charge in [0.15, 0.2) is 0 Å². The molecule has 0 aliphatic heterocycles. The van der Waals surface area contributed by atoms with Crippen molar-refractivity contribution in [2.45, 2.75) is 32.4 Å². The summed E-state index contributed by atoms with van der Waals surface area (Å²) >= 11 is 5.83. The number of hydrogen-bond donors (Lipinski definition) is 2. The summed E-state index contributed by atoms with van der Waals surface area (Å²) in [7, 11) is 0. The van der Waals surface area contributed by atoms with E-state index in [4.69, 9.17) is 11.6 Å². The minimum absolute atomic E-state index is 0.0316. The molecule has 0 spiro atoms. The number of carbonyl (C=O) groups is 2. The Bertz CT molecular complexity index is 900. The van der Waals surface area contributed by atoms with E-state index in [1.165, 1.54) is 0 Å². The molecule has 5 nitrogen and oxygen atoms in total. The summed E-state index contributed by atoms with van der Waals surface area (Å²) in [5.74, 6) is -1.12. The second-order valence-corrected chi connectivity index (χ2v) is 6.46. The van der Waals surface area contributed by atoms with Gasteiger partial charge in [0.05, 0.1) is 22.0 Å². The Morgan fingerprint density at radius 2 is 1.69 bits per heavy atom. The maximum Gasteiger partial charge on any atom is 0.416 e. The Kier molecular flexibility index (Phi) is 7.78. The molecule has 0 aliphatic rings. The fourth-order valence-corrected chi connectivity index (χ4v) is 2.57. The average Bonchev–Trinajstić information content (AvgIpc) is 2.68. The zero-order valence-corrected chi connectivity index (χ0v) is 16.3. The minimum Gasteiger partial charge on any atom is -0.325 e. The lowest BCUT2D eigenvalue weighted by Crippen LogP contribution is -2.22. The van der Waals surface area contributed by atoms with Crippen molar-refractivity contribution < 1.29 is 22.8 Å². The summed E-state index contributed by atoms with van der Waals surface area (Å²) in [6, 6.07) is 11.9. The summed E-state index contributed by atoms with van der Waals surface area (Å²) in [6.45, 7) is 1.89. The quantitative estimate of drug-likeness (QED) is 0.483. The Balaban J connectivity index is 1.91. The lowest BCUT2D eigenvalue weighted by molar-refractivity contribution is -0.137. The van der Waals surface area contributed by atoms with E-state index in [0.717, 1.165) is 23.8 Å². The Labute approximate surface area is 170 Å². The number of hydrogen-bond acceptors (Lipinski definition) is 3. The van der Waals surface area contributed by atoms with Gasteiger partial charge in [0, 0.05) is 12.8 Å². The molecule has 2 aromatic rings. The molecule has 2 amide bonds. The summed E-state index contributed by atoms with van der Waals surface area (Å²) < 4.78 is 38.3. The molecule has 29 heavy (non-hydrogen) atoms. The van der Waals surface area contributed by atoms with Crippen LogP contribution in [0.1, 0.15) is 37.3 Å². The van der Waals surface area contributed by atoms with Crippen LogP contribution in [0.3, 0.4) is 0 Å². The predicted molar refractivity (Wildman–Crippen MR) is 106 cm³/mol. The van der Waals surface area contributed by atoms with Gasteiger partial charge in [-0.05, 0) is 30.2 Å². The van der Waals surface area contributed by atoms with Gasteiger partial charge in [0.2, 0.25) is 11.8 Å². The van der Waals surface area contributed by atoms with Gasteiger partial charge in [-0.1, -0.05) is 48.9 Å². The summed E-state index contributed by atoms with van der Waals surface area (Å²) in [5.41, 5.74) is 2.84.